The van der Waals surface area contributed by atoms with Crippen LogP contribution in [0.5, 0.6) is 0 Å². The summed E-state index contributed by atoms with van der Waals surface area (Å²) in [6.07, 6.45) is 0.456. The molecule has 0 aliphatic heterocycles. The molecule has 0 aromatic heterocycles. The highest BCUT2D eigenvalue weighted by Gasteiger charge is 2.25. The van der Waals surface area contributed by atoms with E-state index in [9.17, 15) is 9.59 Å². The molecule has 0 saturated carbocycles. The average molecular weight is 279 g/mol. The van der Waals surface area contributed by atoms with E-state index in [1.165, 1.54) is 7.11 Å². The van der Waals surface area contributed by atoms with Crippen LogP contribution in [0.15, 0.2) is 30.3 Å². The summed E-state index contributed by atoms with van der Waals surface area (Å²) < 4.78 is 9.69. The minimum absolute atomic E-state index is 0.312. The lowest BCUT2D eigenvalue weighted by atomic mass is 10.1. The number of benzene rings is 1. The Morgan fingerprint density at radius 3 is 2.40 bits per heavy atom. The van der Waals surface area contributed by atoms with Crippen molar-refractivity contribution < 1.29 is 19.1 Å². The van der Waals surface area contributed by atoms with Gasteiger partial charge in [-0.2, -0.15) is 0 Å². The first-order valence-corrected chi connectivity index (χ1v) is 6.63. The van der Waals surface area contributed by atoms with Gasteiger partial charge in [-0.15, -0.1) is 0 Å². The maximum absolute atomic E-state index is 11.8. The standard InChI is InChI=1S/C15H21NO4/c1-4-20-14(17)11(2)16-13(15(18)19-3)10-12-8-6-5-7-9-12/h5-9,11,13,16H,4,10H2,1-3H3/t11-,13-/m0/s1. The van der Waals surface area contributed by atoms with Gasteiger partial charge in [0.25, 0.3) is 0 Å². The highest BCUT2D eigenvalue weighted by molar-refractivity contribution is 5.79. The van der Waals surface area contributed by atoms with E-state index in [2.05, 4.69) is 5.32 Å². The molecular weight excluding hydrogens is 258 g/mol. The van der Waals surface area contributed by atoms with E-state index in [0.29, 0.717) is 13.0 Å². The average Bonchev–Trinajstić information content (AvgIpc) is 2.47. The van der Waals surface area contributed by atoms with Crippen LogP contribution in [-0.4, -0.2) is 37.7 Å². The van der Waals surface area contributed by atoms with Crippen LogP contribution in [0.3, 0.4) is 0 Å². The second-order valence-corrected chi connectivity index (χ2v) is 4.41. The Balaban J connectivity index is 2.70. The van der Waals surface area contributed by atoms with Crippen molar-refractivity contribution in [2.45, 2.75) is 32.4 Å². The molecule has 0 bridgehead atoms. The molecule has 2 atom stereocenters. The molecule has 0 aliphatic carbocycles. The highest BCUT2D eigenvalue weighted by atomic mass is 16.5. The zero-order valence-electron chi connectivity index (χ0n) is 12.1. The summed E-state index contributed by atoms with van der Waals surface area (Å²) >= 11 is 0. The molecule has 0 unspecified atom stereocenters. The molecule has 0 spiro atoms. The monoisotopic (exact) mass is 279 g/mol. The van der Waals surface area contributed by atoms with Crippen LogP contribution in [0.1, 0.15) is 19.4 Å². The summed E-state index contributed by atoms with van der Waals surface area (Å²) in [6, 6.07) is 8.41. The van der Waals surface area contributed by atoms with E-state index in [4.69, 9.17) is 9.47 Å². The summed E-state index contributed by atoms with van der Waals surface area (Å²) in [5, 5.41) is 2.95. The maximum Gasteiger partial charge on any atom is 0.323 e. The second-order valence-electron chi connectivity index (χ2n) is 4.41. The van der Waals surface area contributed by atoms with Crippen molar-refractivity contribution in [3.8, 4) is 0 Å². The van der Waals surface area contributed by atoms with Crippen LogP contribution >= 0.6 is 0 Å². The highest BCUT2D eigenvalue weighted by Crippen LogP contribution is 2.06. The molecule has 0 radical (unpaired) electrons. The number of hydrogen-bond acceptors (Lipinski definition) is 5. The van der Waals surface area contributed by atoms with E-state index >= 15 is 0 Å². The maximum atomic E-state index is 11.8. The van der Waals surface area contributed by atoms with Crippen molar-refractivity contribution in [2.75, 3.05) is 13.7 Å². The molecule has 20 heavy (non-hydrogen) atoms. The van der Waals surface area contributed by atoms with Gasteiger partial charge in [0, 0.05) is 0 Å². The van der Waals surface area contributed by atoms with Gasteiger partial charge in [0.05, 0.1) is 13.7 Å². The lowest BCUT2D eigenvalue weighted by molar-refractivity contribution is -0.147. The van der Waals surface area contributed by atoms with Crippen LogP contribution in [0.4, 0.5) is 0 Å². The van der Waals surface area contributed by atoms with Gasteiger partial charge in [0.15, 0.2) is 0 Å². The first-order chi connectivity index (χ1) is 9.58. The Morgan fingerprint density at radius 2 is 1.85 bits per heavy atom. The Morgan fingerprint density at radius 1 is 1.20 bits per heavy atom. The Hall–Kier alpha value is -1.88. The van der Waals surface area contributed by atoms with Gasteiger partial charge in [-0.1, -0.05) is 30.3 Å². The van der Waals surface area contributed by atoms with Gasteiger partial charge in [0.2, 0.25) is 0 Å². The van der Waals surface area contributed by atoms with E-state index < -0.39 is 18.1 Å². The van der Waals surface area contributed by atoms with Gasteiger partial charge < -0.3 is 9.47 Å². The molecule has 1 N–H and O–H groups in total. The van der Waals surface area contributed by atoms with Gasteiger partial charge in [-0.25, -0.2) is 0 Å². The van der Waals surface area contributed by atoms with Crippen molar-refractivity contribution in [3.05, 3.63) is 35.9 Å². The number of carbonyl (C=O) groups is 2. The number of rotatable bonds is 7. The Labute approximate surface area is 119 Å². The SMILES string of the molecule is CCOC(=O)[C@H](C)N[C@@H](Cc1ccccc1)C(=O)OC. The molecule has 110 valence electrons. The lowest BCUT2D eigenvalue weighted by Gasteiger charge is -2.20. The van der Waals surface area contributed by atoms with E-state index in [1.54, 1.807) is 13.8 Å². The van der Waals surface area contributed by atoms with Gasteiger partial charge in [0.1, 0.15) is 12.1 Å². The van der Waals surface area contributed by atoms with Crippen molar-refractivity contribution in [2.24, 2.45) is 0 Å². The zero-order valence-corrected chi connectivity index (χ0v) is 12.1. The number of methoxy groups -OCH3 is 1. The number of carbonyl (C=O) groups excluding carboxylic acids is 2. The third-order valence-corrected chi connectivity index (χ3v) is 2.86. The molecule has 0 saturated heterocycles. The molecule has 5 nitrogen and oxygen atoms in total. The smallest absolute Gasteiger partial charge is 0.323 e. The molecule has 1 rings (SSSR count). The molecule has 0 heterocycles. The summed E-state index contributed by atoms with van der Waals surface area (Å²) in [5.41, 5.74) is 0.992. The van der Waals surface area contributed by atoms with E-state index in [1.807, 2.05) is 30.3 Å². The normalized spacial score (nSPS) is 13.3. The quantitative estimate of drug-likeness (QED) is 0.762. The van der Waals surface area contributed by atoms with Crippen molar-refractivity contribution >= 4 is 11.9 Å². The summed E-state index contributed by atoms with van der Waals surface area (Å²) in [6.45, 7) is 3.72. The summed E-state index contributed by atoms with van der Waals surface area (Å²) in [7, 11) is 1.33. The molecule has 0 amide bonds. The van der Waals surface area contributed by atoms with Crippen molar-refractivity contribution in [3.63, 3.8) is 0 Å². The first kappa shape index (κ1) is 16.2. The Bertz CT molecular complexity index is 433. The topological polar surface area (TPSA) is 64.6 Å². The number of ether oxygens (including phenoxy) is 2. The van der Waals surface area contributed by atoms with Gasteiger partial charge in [-0.05, 0) is 25.8 Å². The minimum Gasteiger partial charge on any atom is -0.468 e. The Kier molecular flexibility index (Phi) is 6.73. The number of nitrogens with one attached hydrogen (secondary N) is 1. The molecule has 5 heteroatoms. The third-order valence-electron chi connectivity index (χ3n) is 2.86. The predicted octanol–water partition coefficient (Wildman–Crippen LogP) is 1.31. The van der Waals surface area contributed by atoms with Crippen LogP contribution in [0.2, 0.25) is 0 Å². The zero-order chi connectivity index (χ0) is 15.0. The summed E-state index contributed by atoms with van der Waals surface area (Å²) in [4.78, 5) is 23.4. The third kappa shape index (κ3) is 5.01. The van der Waals surface area contributed by atoms with Gasteiger partial charge >= 0.3 is 11.9 Å². The fourth-order valence-electron chi connectivity index (χ4n) is 1.84. The molecule has 1 aromatic rings. The van der Waals surface area contributed by atoms with E-state index in [-0.39, 0.29) is 5.97 Å². The van der Waals surface area contributed by atoms with Crippen molar-refractivity contribution in [1.29, 1.82) is 0 Å². The van der Waals surface area contributed by atoms with Crippen LogP contribution in [0, 0.1) is 0 Å². The van der Waals surface area contributed by atoms with Crippen LogP contribution in [0.25, 0.3) is 0 Å². The fourth-order valence-corrected chi connectivity index (χ4v) is 1.84. The second kappa shape index (κ2) is 8.32. The van der Waals surface area contributed by atoms with Crippen LogP contribution < -0.4 is 5.32 Å². The lowest BCUT2D eigenvalue weighted by Crippen LogP contribution is -2.47. The fraction of sp³-hybridized carbons (Fsp3) is 0.467. The number of esters is 2. The largest absolute Gasteiger partial charge is 0.468 e. The first-order valence-electron chi connectivity index (χ1n) is 6.63. The molecular formula is C15H21NO4. The summed E-state index contributed by atoms with van der Waals surface area (Å²) in [5.74, 6) is -0.778. The van der Waals surface area contributed by atoms with Crippen molar-refractivity contribution in [1.82, 2.24) is 5.32 Å². The predicted molar refractivity (Wildman–Crippen MR) is 75.2 cm³/mol. The van der Waals surface area contributed by atoms with Gasteiger partial charge in [-0.3, -0.25) is 14.9 Å². The number of hydrogen-bond donors (Lipinski definition) is 1. The van der Waals surface area contributed by atoms with E-state index in [0.717, 1.165) is 5.56 Å². The molecule has 0 fully saturated rings. The molecule has 0 aliphatic rings. The molecule has 1 aromatic carbocycles. The minimum atomic E-state index is -0.582. The van der Waals surface area contributed by atoms with Crippen LogP contribution in [-0.2, 0) is 25.5 Å².